The van der Waals surface area contributed by atoms with Crippen LogP contribution in [-0.2, 0) is 13.0 Å². The van der Waals surface area contributed by atoms with Gasteiger partial charge < -0.3 is 16.0 Å². The summed E-state index contributed by atoms with van der Waals surface area (Å²) in [5, 5.41) is 4.11. The highest BCUT2D eigenvalue weighted by Crippen LogP contribution is 2.30. The number of hydrogen-bond donors (Lipinski definition) is 2. The van der Waals surface area contributed by atoms with Crippen LogP contribution in [0.15, 0.2) is 48.5 Å². The topological polar surface area (TPSA) is 54.2 Å². The number of anilines is 2. The van der Waals surface area contributed by atoms with E-state index in [1.165, 1.54) is 23.3 Å². The van der Waals surface area contributed by atoms with Crippen molar-refractivity contribution in [1.29, 1.82) is 0 Å². The van der Waals surface area contributed by atoms with Gasteiger partial charge in [-0.15, -0.1) is 0 Å². The molecular formula is C21H23FN4. The van der Waals surface area contributed by atoms with Crippen LogP contribution in [0.2, 0.25) is 0 Å². The van der Waals surface area contributed by atoms with Gasteiger partial charge in [0.25, 0.3) is 0 Å². The zero-order valence-corrected chi connectivity index (χ0v) is 14.7. The molecule has 2 aromatic carbocycles. The van der Waals surface area contributed by atoms with Gasteiger partial charge in [0.15, 0.2) is 0 Å². The Morgan fingerprint density at radius 2 is 1.96 bits per heavy atom. The van der Waals surface area contributed by atoms with Crippen LogP contribution < -0.4 is 16.0 Å². The SMILES string of the molecule is NCCNc1cc(N2CCCc3ccccc3C2)nc2ccc(F)cc12. The molecule has 5 heteroatoms. The van der Waals surface area contributed by atoms with Crippen LogP contribution in [0.25, 0.3) is 10.9 Å². The molecule has 1 aliphatic rings. The fraction of sp³-hybridized carbons (Fsp3) is 0.286. The highest BCUT2D eigenvalue weighted by molar-refractivity contribution is 5.93. The predicted molar refractivity (Wildman–Crippen MR) is 105 cm³/mol. The first-order valence-electron chi connectivity index (χ1n) is 9.10. The molecule has 3 aromatic rings. The fourth-order valence-corrected chi connectivity index (χ4v) is 3.60. The third kappa shape index (κ3) is 3.35. The quantitative estimate of drug-likeness (QED) is 0.753. The lowest BCUT2D eigenvalue weighted by Gasteiger charge is -2.23. The first-order chi connectivity index (χ1) is 12.7. The van der Waals surface area contributed by atoms with Crippen molar-refractivity contribution in [1.82, 2.24) is 4.98 Å². The Morgan fingerprint density at radius 1 is 1.12 bits per heavy atom. The first kappa shape index (κ1) is 16.8. The Bertz CT molecular complexity index is 925. The van der Waals surface area contributed by atoms with Crippen molar-refractivity contribution in [2.45, 2.75) is 19.4 Å². The highest BCUT2D eigenvalue weighted by Gasteiger charge is 2.17. The summed E-state index contributed by atoms with van der Waals surface area (Å²) in [5.41, 5.74) is 10.1. The molecule has 3 N–H and O–H groups in total. The molecule has 26 heavy (non-hydrogen) atoms. The summed E-state index contributed by atoms with van der Waals surface area (Å²) in [6.07, 6.45) is 2.18. The Kier molecular flexibility index (Phi) is 4.71. The van der Waals surface area contributed by atoms with Crippen LogP contribution in [0.4, 0.5) is 15.9 Å². The Labute approximate surface area is 152 Å². The minimum atomic E-state index is -0.258. The van der Waals surface area contributed by atoms with Crippen LogP contribution in [0, 0.1) is 5.82 Å². The molecular weight excluding hydrogens is 327 g/mol. The van der Waals surface area contributed by atoms with Gasteiger partial charge in [-0.2, -0.15) is 0 Å². The van der Waals surface area contributed by atoms with Crippen LogP contribution >= 0.6 is 0 Å². The molecule has 2 heterocycles. The number of nitrogens with two attached hydrogens (primary N) is 1. The molecule has 0 saturated carbocycles. The number of nitrogens with zero attached hydrogens (tertiary/aromatic N) is 2. The molecule has 0 aliphatic carbocycles. The first-order valence-corrected chi connectivity index (χ1v) is 9.10. The van der Waals surface area contributed by atoms with Crippen molar-refractivity contribution in [3.8, 4) is 0 Å². The number of benzene rings is 2. The third-order valence-corrected chi connectivity index (χ3v) is 4.89. The molecule has 0 atom stereocenters. The Hall–Kier alpha value is -2.66. The molecule has 4 nitrogen and oxygen atoms in total. The number of pyridine rings is 1. The Balaban J connectivity index is 1.75. The summed E-state index contributed by atoms with van der Waals surface area (Å²) in [5.74, 6) is 0.659. The molecule has 0 fully saturated rings. The second kappa shape index (κ2) is 7.30. The van der Waals surface area contributed by atoms with E-state index in [1.807, 2.05) is 6.07 Å². The van der Waals surface area contributed by atoms with Crippen molar-refractivity contribution in [2.24, 2.45) is 5.73 Å². The lowest BCUT2D eigenvalue weighted by Crippen LogP contribution is -2.24. The van der Waals surface area contributed by atoms with E-state index < -0.39 is 0 Å². The van der Waals surface area contributed by atoms with E-state index in [1.54, 1.807) is 6.07 Å². The summed E-state index contributed by atoms with van der Waals surface area (Å²) >= 11 is 0. The maximum atomic E-state index is 13.7. The molecule has 0 spiro atoms. The van der Waals surface area contributed by atoms with Gasteiger partial charge in [0.1, 0.15) is 11.6 Å². The van der Waals surface area contributed by atoms with Crippen LogP contribution in [0.3, 0.4) is 0 Å². The molecule has 0 amide bonds. The molecule has 134 valence electrons. The molecule has 0 radical (unpaired) electrons. The normalized spacial score (nSPS) is 14.2. The molecule has 1 aliphatic heterocycles. The maximum Gasteiger partial charge on any atom is 0.131 e. The number of hydrogen-bond acceptors (Lipinski definition) is 4. The van der Waals surface area contributed by atoms with E-state index in [4.69, 9.17) is 10.7 Å². The lowest BCUT2D eigenvalue weighted by molar-refractivity contribution is 0.629. The van der Waals surface area contributed by atoms with Crippen LogP contribution in [-0.4, -0.2) is 24.6 Å². The number of fused-ring (bicyclic) bond motifs is 2. The standard InChI is InChI=1S/C21H23FN4/c22-17-7-8-19-18(12-17)20(24-10-9-23)13-21(25-19)26-11-3-6-15-4-1-2-5-16(15)14-26/h1-2,4-5,7-8,12-13H,3,6,9-11,14,23H2,(H,24,25). The number of aryl methyl sites for hydroxylation is 1. The fourth-order valence-electron chi connectivity index (χ4n) is 3.60. The van der Waals surface area contributed by atoms with Gasteiger partial charge in [-0.25, -0.2) is 9.37 Å². The second-order valence-electron chi connectivity index (χ2n) is 6.70. The van der Waals surface area contributed by atoms with Gasteiger partial charge in [-0.05, 0) is 42.2 Å². The van der Waals surface area contributed by atoms with E-state index in [-0.39, 0.29) is 5.82 Å². The largest absolute Gasteiger partial charge is 0.383 e. The van der Waals surface area contributed by atoms with E-state index in [2.05, 4.69) is 34.5 Å². The monoisotopic (exact) mass is 350 g/mol. The summed E-state index contributed by atoms with van der Waals surface area (Å²) in [6, 6.07) is 15.4. The van der Waals surface area contributed by atoms with Crippen LogP contribution in [0.1, 0.15) is 17.5 Å². The van der Waals surface area contributed by atoms with Gasteiger partial charge in [0.2, 0.25) is 0 Å². The zero-order chi connectivity index (χ0) is 17.9. The Morgan fingerprint density at radius 3 is 2.81 bits per heavy atom. The number of halogens is 1. The second-order valence-corrected chi connectivity index (χ2v) is 6.70. The number of nitrogens with one attached hydrogen (secondary N) is 1. The van der Waals surface area contributed by atoms with Crippen molar-refractivity contribution < 1.29 is 4.39 Å². The van der Waals surface area contributed by atoms with Gasteiger partial charge in [0.05, 0.1) is 5.52 Å². The van der Waals surface area contributed by atoms with Crippen molar-refractivity contribution >= 4 is 22.4 Å². The number of aromatic nitrogens is 1. The van der Waals surface area contributed by atoms with Crippen molar-refractivity contribution in [3.05, 3.63) is 65.5 Å². The lowest BCUT2D eigenvalue weighted by atomic mass is 10.0. The molecule has 4 rings (SSSR count). The third-order valence-electron chi connectivity index (χ3n) is 4.89. The van der Waals surface area contributed by atoms with Gasteiger partial charge >= 0.3 is 0 Å². The summed E-state index contributed by atoms with van der Waals surface area (Å²) in [6.45, 7) is 2.94. The zero-order valence-electron chi connectivity index (χ0n) is 14.7. The van der Waals surface area contributed by atoms with Gasteiger partial charge in [0, 0.05) is 43.3 Å². The molecule has 0 bridgehead atoms. The van der Waals surface area contributed by atoms with Gasteiger partial charge in [-0.1, -0.05) is 24.3 Å². The average molecular weight is 350 g/mol. The van der Waals surface area contributed by atoms with Gasteiger partial charge in [-0.3, -0.25) is 0 Å². The van der Waals surface area contributed by atoms with Crippen LogP contribution in [0.5, 0.6) is 0 Å². The van der Waals surface area contributed by atoms with E-state index in [0.717, 1.165) is 48.3 Å². The van der Waals surface area contributed by atoms with Crippen molar-refractivity contribution in [3.63, 3.8) is 0 Å². The molecule has 1 aromatic heterocycles. The minimum Gasteiger partial charge on any atom is -0.383 e. The summed E-state index contributed by atoms with van der Waals surface area (Å²) < 4.78 is 13.7. The van der Waals surface area contributed by atoms with E-state index in [0.29, 0.717) is 13.1 Å². The van der Waals surface area contributed by atoms with E-state index >= 15 is 0 Å². The maximum absolute atomic E-state index is 13.7. The van der Waals surface area contributed by atoms with E-state index in [9.17, 15) is 4.39 Å². The smallest absolute Gasteiger partial charge is 0.131 e. The highest BCUT2D eigenvalue weighted by atomic mass is 19.1. The molecule has 0 saturated heterocycles. The molecule has 0 unspecified atom stereocenters. The average Bonchev–Trinajstić information content (AvgIpc) is 2.88. The summed E-state index contributed by atoms with van der Waals surface area (Å²) in [7, 11) is 0. The minimum absolute atomic E-state index is 0.258. The number of rotatable bonds is 4. The van der Waals surface area contributed by atoms with Crippen molar-refractivity contribution in [2.75, 3.05) is 29.9 Å². The summed E-state index contributed by atoms with van der Waals surface area (Å²) in [4.78, 5) is 7.12. The predicted octanol–water partition coefficient (Wildman–Crippen LogP) is 3.70.